The zero-order valence-electron chi connectivity index (χ0n) is 19.6. The number of fused-ring (bicyclic) bond motifs is 1. The molecule has 0 saturated carbocycles. The Bertz CT molecular complexity index is 971. The van der Waals surface area contributed by atoms with Crippen molar-refractivity contribution in [2.45, 2.75) is 46.3 Å². The van der Waals surface area contributed by atoms with Gasteiger partial charge < -0.3 is 24.1 Å². The van der Waals surface area contributed by atoms with Crippen LogP contribution in [0.1, 0.15) is 44.7 Å². The Labute approximate surface area is 195 Å². The van der Waals surface area contributed by atoms with E-state index in [2.05, 4.69) is 19.7 Å². The van der Waals surface area contributed by atoms with Gasteiger partial charge in [-0.3, -0.25) is 0 Å². The third kappa shape index (κ3) is 7.95. The number of aliphatic hydroxyl groups excluding tert-OH is 1. The number of hydrogen-bond acceptors (Lipinski definition) is 7. The third-order valence-electron chi connectivity index (χ3n) is 4.69. The molecule has 1 aliphatic heterocycles. The molecule has 1 unspecified atom stereocenters. The highest BCUT2D eigenvalue weighted by molar-refractivity contribution is 5.87. The molecule has 7 heteroatoms. The van der Waals surface area contributed by atoms with Gasteiger partial charge in [-0.1, -0.05) is 19.7 Å². The Kier molecular flexibility index (Phi) is 9.48. The predicted octanol–water partition coefficient (Wildman–Crippen LogP) is 4.30. The summed E-state index contributed by atoms with van der Waals surface area (Å²) in [4.78, 5) is 23.2. The lowest BCUT2D eigenvalue weighted by Crippen LogP contribution is -2.24. The number of aryl methyl sites for hydroxylation is 1. The van der Waals surface area contributed by atoms with Crippen LogP contribution in [-0.4, -0.2) is 43.2 Å². The van der Waals surface area contributed by atoms with E-state index in [1.807, 2.05) is 25.1 Å². The molecule has 0 fully saturated rings. The second-order valence-corrected chi connectivity index (χ2v) is 8.12. The van der Waals surface area contributed by atoms with Crippen LogP contribution in [0, 0.1) is 0 Å². The van der Waals surface area contributed by atoms with Crippen LogP contribution in [0.3, 0.4) is 0 Å². The molecule has 0 spiro atoms. The molecule has 7 nitrogen and oxygen atoms in total. The van der Waals surface area contributed by atoms with E-state index in [-0.39, 0.29) is 13.2 Å². The summed E-state index contributed by atoms with van der Waals surface area (Å²) in [6, 6.07) is 3.68. The van der Waals surface area contributed by atoms with Gasteiger partial charge in [-0.05, 0) is 63.0 Å². The van der Waals surface area contributed by atoms with Crippen LogP contribution >= 0.6 is 0 Å². The van der Waals surface area contributed by atoms with Crippen LogP contribution in [0.25, 0.3) is 6.08 Å². The molecule has 33 heavy (non-hydrogen) atoms. The number of carbonyl (C=O) groups is 2. The van der Waals surface area contributed by atoms with Crippen molar-refractivity contribution < 1.29 is 33.6 Å². The first-order valence-electron chi connectivity index (χ1n) is 10.7. The van der Waals surface area contributed by atoms with Crippen molar-refractivity contribution >= 4 is 18.0 Å². The molecule has 1 aromatic carbocycles. The van der Waals surface area contributed by atoms with Crippen molar-refractivity contribution in [3.8, 4) is 11.5 Å². The fourth-order valence-electron chi connectivity index (χ4n) is 3.00. The van der Waals surface area contributed by atoms with Crippen molar-refractivity contribution in [3.05, 3.63) is 65.3 Å². The maximum absolute atomic E-state index is 11.6. The zero-order valence-corrected chi connectivity index (χ0v) is 19.6. The molecule has 0 bridgehead atoms. The molecule has 0 aliphatic carbocycles. The molecule has 178 valence electrons. The summed E-state index contributed by atoms with van der Waals surface area (Å²) < 4.78 is 21.9. The van der Waals surface area contributed by atoms with Gasteiger partial charge in [-0.25, -0.2) is 9.59 Å². The highest BCUT2D eigenvalue weighted by Gasteiger charge is 2.24. The number of benzene rings is 1. The fourth-order valence-corrected chi connectivity index (χ4v) is 3.00. The van der Waals surface area contributed by atoms with E-state index in [0.29, 0.717) is 54.1 Å². The van der Waals surface area contributed by atoms with Gasteiger partial charge in [-0.2, -0.15) is 0 Å². The van der Waals surface area contributed by atoms with Gasteiger partial charge in [0.2, 0.25) is 6.29 Å². The summed E-state index contributed by atoms with van der Waals surface area (Å²) >= 11 is 0. The van der Waals surface area contributed by atoms with E-state index in [0.717, 1.165) is 16.7 Å². The molecule has 0 amide bonds. The molecule has 0 radical (unpaired) electrons. The van der Waals surface area contributed by atoms with E-state index in [9.17, 15) is 14.7 Å². The van der Waals surface area contributed by atoms with Crippen LogP contribution in [0.5, 0.6) is 11.5 Å². The minimum atomic E-state index is -1.16. The van der Waals surface area contributed by atoms with Crippen LogP contribution in [0.4, 0.5) is 0 Å². The lowest BCUT2D eigenvalue weighted by molar-refractivity contribution is -0.139. The van der Waals surface area contributed by atoms with Gasteiger partial charge in [0.25, 0.3) is 0 Å². The van der Waals surface area contributed by atoms with Gasteiger partial charge in [0.05, 0.1) is 13.2 Å². The fraction of sp³-hybridized carbons (Fsp3) is 0.385. The predicted molar refractivity (Wildman–Crippen MR) is 126 cm³/mol. The van der Waals surface area contributed by atoms with Gasteiger partial charge in [0.1, 0.15) is 18.1 Å². The summed E-state index contributed by atoms with van der Waals surface area (Å²) in [5.74, 6) is 0.267. The number of carbonyl (C=O) groups excluding carboxylic acids is 2. The number of ether oxygens (including phenoxy) is 4. The van der Waals surface area contributed by atoms with E-state index < -0.39 is 18.2 Å². The molecule has 2 rings (SSSR count). The monoisotopic (exact) mass is 456 g/mol. The minimum absolute atomic E-state index is 0.0973. The normalized spacial score (nSPS) is 14.3. The Morgan fingerprint density at radius 3 is 2.24 bits per heavy atom. The summed E-state index contributed by atoms with van der Waals surface area (Å²) in [6.07, 6.45) is 2.06. The average molecular weight is 457 g/mol. The smallest absolute Gasteiger partial charge is 0.333 e. The maximum atomic E-state index is 11.6. The summed E-state index contributed by atoms with van der Waals surface area (Å²) in [6.45, 7) is 16.7. The zero-order chi connectivity index (χ0) is 24.5. The van der Waals surface area contributed by atoms with E-state index >= 15 is 0 Å². The standard InChI is InChI=1S/C26H32O7/c1-16(2)15-32-22-13-19(8-7-10-30-24(27)17(3)4)23-21(14-22)12-20(26(29)33-23)9-11-31-25(28)18(5)6/h12-14,26,29H,1,3,5,7-11,15H2,2,4,6H3. The highest BCUT2D eigenvalue weighted by Crippen LogP contribution is 2.37. The topological polar surface area (TPSA) is 91.3 Å². The average Bonchev–Trinajstić information content (AvgIpc) is 2.75. The largest absolute Gasteiger partial charge is 0.489 e. The summed E-state index contributed by atoms with van der Waals surface area (Å²) in [5.41, 5.74) is 3.68. The van der Waals surface area contributed by atoms with Gasteiger partial charge in [0, 0.05) is 28.7 Å². The minimum Gasteiger partial charge on any atom is -0.489 e. The van der Waals surface area contributed by atoms with Crippen molar-refractivity contribution in [2.75, 3.05) is 19.8 Å². The van der Waals surface area contributed by atoms with Gasteiger partial charge in [0.15, 0.2) is 0 Å². The quantitative estimate of drug-likeness (QED) is 0.217. The maximum Gasteiger partial charge on any atom is 0.333 e. The van der Waals surface area contributed by atoms with Crippen LogP contribution in [0.2, 0.25) is 0 Å². The highest BCUT2D eigenvalue weighted by atomic mass is 16.6. The SMILES string of the molecule is C=C(C)COc1cc2c(c(CCCOC(=O)C(=C)C)c1)OC(O)C(CCOC(=O)C(=C)C)=C2. The van der Waals surface area contributed by atoms with Crippen molar-refractivity contribution in [3.63, 3.8) is 0 Å². The summed E-state index contributed by atoms with van der Waals surface area (Å²) in [7, 11) is 0. The second-order valence-electron chi connectivity index (χ2n) is 8.12. The number of rotatable bonds is 12. The van der Waals surface area contributed by atoms with Crippen LogP contribution < -0.4 is 9.47 Å². The first kappa shape index (κ1) is 25.9. The first-order valence-corrected chi connectivity index (χ1v) is 10.7. The molecule has 0 saturated heterocycles. The lowest BCUT2D eigenvalue weighted by Gasteiger charge is -2.26. The van der Waals surface area contributed by atoms with E-state index in [4.69, 9.17) is 18.9 Å². The number of aliphatic hydroxyl groups is 1. The summed E-state index contributed by atoms with van der Waals surface area (Å²) in [5, 5.41) is 10.5. The Balaban J connectivity index is 2.19. The van der Waals surface area contributed by atoms with E-state index in [1.54, 1.807) is 13.8 Å². The molecule has 0 aromatic heterocycles. The molecule has 1 N–H and O–H groups in total. The lowest BCUT2D eigenvalue weighted by atomic mass is 9.98. The number of esters is 2. The van der Waals surface area contributed by atoms with Crippen molar-refractivity contribution in [1.29, 1.82) is 0 Å². The Morgan fingerprint density at radius 1 is 1.00 bits per heavy atom. The van der Waals surface area contributed by atoms with Crippen LogP contribution in [-0.2, 0) is 25.5 Å². The molecule has 1 heterocycles. The molecule has 1 aromatic rings. The van der Waals surface area contributed by atoms with Gasteiger partial charge in [-0.15, -0.1) is 0 Å². The van der Waals surface area contributed by atoms with Crippen molar-refractivity contribution in [1.82, 2.24) is 0 Å². The number of hydrogen-bond donors (Lipinski definition) is 1. The molecular weight excluding hydrogens is 424 g/mol. The Hall–Kier alpha value is -3.32. The molecule has 1 atom stereocenters. The third-order valence-corrected chi connectivity index (χ3v) is 4.69. The van der Waals surface area contributed by atoms with E-state index in [1.165, 1.54) is 0 Å². The van der Waals surface area contributed by atoms with Crippen LogP contribution in [0.15, 0.2) is 54.2 Å². The Morgan fingerprint density at radius 2 is 1.64 bits per heavy atom. The van der Waals surface area contributed by atoms with Gasteiger partial charge >= 0.3 is 11.9 Å². The van der Waals surface area contributed by atoms with Crippen molar-refractivity contribution in [2.24, 2.45) is 0 Å². The molecular formula is C26H32O7. The molecule has 1 aliphatic rings. The second kappa shape index (κ2) is 12.1. The first-order chi connectivity index (χ1) is 15.6.